The fraction of sp³-hybridized carbons (Fsp3) is 0. The predicted octanol–water partition coefficient (Wildman–Crippen LogP) is 0.00718. The average molecular weight is 160 g/mol. The monoisotopic (exact) mass is 159 g/mol. The summed E-state index contributed by atoms with van der Waals surface area (Å²) >= 11 is 0. The fourth-order valence-electron chi connectivity index (χ4n) is 0. The molecule has 2 amide bonds. The van der Waals surface area contributed by atoms with Gasteiger partial charge in [0.2, 0.25) is 0 Å². The molecule has 0 saturated heterocycles. The van der Waals surface area contributed by atoms with E-state index in [-0.39, 0.29) is 24.8 Å². The largest absolute Gasteiger partial charge is 0.352 e. The molecule has 4 nitrogen and oxygen atoms in total. The minimum absolute atomic E-state index is 0. The number of nitriles is 1. The van der Waals surface area contributed by atoms with Crippen LogP contribution in [0, 0.1) is 11.8 Å². The number of amides is 2. The molecule has 0 saturated carbocycles. The number of rotatable bonds is 0. The maximum absolute atomic E-state index is 9.00. The molecule has 0 aliphatic rings. The molecule has 0 aromatic heterocycles. The van der Waals surface area contributed by atoms with E-state index < -0.39 is 6.03 Å². The van der Waals surface area contributed by atoms with Crippen molar-refractivity contribution < 1.29 is 4.79 Å². The third-order valence-corrected chi connectivity index (χ3v) is 0. The molecule has 0 bridgehead atoms. The molecule has 0 aromatic rings. The third-order valence-electron chi connectivity index (χ3n) is 0. The second-order valence-corrected chi connectivity index (χ2v) is 0.402. The maximum atomic E-state index is 9.00. The molecule has 6 heteroatoms. The third kappa shape index (κ3) is 231. The Morgan fingerprint density at radius 1 is 1.25 bits per heavy atom. The first kappa shape index (κ1) is 26.4. The second kappa shape index (κ2) is 33.0. The highest BCUT2D eigenvalue weighted by Gasteiger charge is 1.60. The van der Waals surface area contributed by atoms with Gasteiger partial charge in [-0.1, -0.05) is 0 Å². The zero-order valence-corrected chi connectivity index (χ0v) is 5.54. The van der Waals surface area contributed by atoms with Gasteiger partial charge in [-0.25, -0.2) is 10.1 Å². The zero-order chi connectivity index (χ0) is 5.58. The Hall–Kier alpha value is -0.660. The van der Waals surface area contributed by atoms with Gasteiger partial charge in [0.05, 0.1) is 0 Å². The van der Waals surface area contributed by atoms with Crippen LogP contribution in [0.2, 0.25) is 0 Å². The first-order valence-electron chi connectivity index (χ1n) is 1.04. The number of nitrogens with zero attached hydrogens (tertiary/aromatic N) is 1. The summed E-state index contributed by atoms with van der Waals surface area (Å²) in [6, 6.07) is -0.833. The van der Waals surface area contributed by atoms with Gasteiger partial charge in [0.1, 0.15) is 0 Å². The molecule has 0 aromatic carbocycles. The lowest BCUT2D eigenvalue weighted by molar-refractivity contribution is 0.256. The number of urea groups is 1. The molecule has 0 rings (SSSR count). The molecule has 0 atom stereocenters. The minimum atomic E-state index is -0.833. The fourth-order valence-corrected chi connectivity index (χ4v) is 0. The minimum Gasteiger partial charge on any atom is -0.352 e. The Morgan fingerprint density at radius 2 is 1.25 bits per heavy atom. The molecule has 0 aliphatic heterocycles. The number of halogens is 2. The van der Waals surface area contributed by atoms with E-state index in [2.05, 4.69) is 18.0 Å². The zero-order valence-electron chi connectivity index (χ0n) is 3.90. The molecule has 8 heavy (non-hydrogen) atoms. The Kier molecular flexibility index (Phi) is 109. The van der Waals surface area contributed by atoms with Crippen LogP contribution in [0.25, 0.3) is 0 Å². The number of hydrogen-bond acceptors (Lipinski definition) is 2. The quantitative estimate of drug-likeness (QED) is 0.522. The van der Waals surface area contributed by atoms with Gasteiger partial charge in [-0.2, -0.15) is 0 Å². The topological polar surface area (TPSA) is 92.9 Å². The number of hydrogen-bond donors (Lipinski definition) is 2. The molecule has 0 aliphatic carbocycles. The molecular weight excluding hydrogens is 153 g/mol. The molecule has 0 spiro atoms. The summed E-state index contributed by atoms with van der Waals surface area (Å²) in [7, 11) is 0. The van der Waals surface area contributed by atoms with Crippen LogP contribution in [0.15, 0.2) is 0 Å². The highest BCUT2D eigenvalue weighted by atomic mass is 35.5. The van der Waals surface area contributed by atoms with Gasteiger partial charge in [0.15, 0.2) is 0 Å². The average Bonchev–Trinajstić information content (AvgIpc) is 1.41. The van der Waals surface area contributed by atoms with Crippen molar-refractivity contribution in [2.24, 2.45) is 11.5 Å². The van der Waals surface area contributed by atoms with Crippen molar-refractivity contribution in [2.45, 2.75) is 0 Å². The number of primary amides is 2. The van der Waals surface area contributed by atoms with Crippen LogP contribution in [-0.4, -0.2) is 6.03 Å². The van der Waals surface area contributed by atoms with Crippen molar-refractivity contribution >= 4 is 30.8 Å². The van der Waals surface area contributed by atoms with Gasteiger partial charge in [-0.3, -0.25) is 0 Å². The van der Waals surface area contributed by atoms with Gasteiger partial charge >= 0.3 is 6.03 Å². The van der Waals surface area contributed by atoms with Crippen molar-refractivity contribution in [2.75, 3.05) is 0 Å². The summed E-state index contributed by atoms with van der Waals surface area (Å²) in [6.07, 6.45) is 0. The van der Waals surface area contributed by atoms with Crippen molar-refractivity contribution in [3.8, 4) is 6.57 Å². The van der Waals surface area contributed by atoms with Gasteiger partial charge in [-0.15, -0.1) is 24.8 Å². The van der Waals surface area contributed by atoms with E-state index in [1.54, 1.807) is 0 Å². The van der Waals surface area contributed by atoms with Gasteiger partial charge in [-0.05, 0) is 0 Å². The van der Waals surface area contributed by atoms with E-state index in [1.165, 1.54) is 0 Å². The smallest absolute Gasteiger partial charge is 0.309 e. The Bertz CT molecular complexity index is 59.5. The molecule has 0 unspecified atom stereocenters. The maximum Gasteiger partial charge on any atom is 0.309 e. The molecule has 0 fully saturated rings. The standard InChI is InChI=1S/CH4N2O.CHN.2ClH/c2-1(3)4;1-2;;/h(H4,2,3,4);1H;2*1H. The highest BCUT2D eigenvalue weighted by Crippen LogP contribution is 1.25. The number of nitrogens with two attached hydrogens (primary N) is 2. The van der Waals surface area contributed by atoms with Crippen LogP contribution in [-0.2, 0) is 0 Å². The van der Waals surface area contributed by atoms with Crippen LogP contribution < -0.4 is 11.5 Å². The molecule has 4 N–H and O–H groups in total. The van der Waals surface area contributed by atoms with E-state index >= 15 is 0 Å². The van der Waals surface area contributed by atoms with Crippen LogP contribution >= 0.6 is 24.8 Å². The summed E-state index contributed by atoms with van der Waals surface area (Å²) in [4.78, 5) is 9.00. The first-order valence-corrected chi connectivity index (χ1v) is 1.04. The Balaban J connectivity index is -0.0000000183. The lowest BCUT2D eigenvalue weighted by Crippen LogP contribution is -2.18. The van der Waals surface area contributed by atoms with Crippen LogP contribution in [0.3, 0.4) is 0 Å². The van der Waals surface area contributed by atoms with Crippen molar-refractivity contribution in [1.82, 2.24) is 0 Å². The van der Waals surface area contributed by atoms with E-state index in [0.29, 0.717) is 0 Å². The number of carbonyl (C=O) groups excluding carboxylic acids is 1. The lowest BCUT2D eigenvalue weighted by Gasteiger charge is -1.62. The molecule has 0 radical (unpaired) electrons. The van der Waals surface area contributed by atoms with Crippen molar-refractivity contribution in [1.29, 1.82) is 5.26 Å². The predicted molar refractivity (Wildman–Crippen MR) is 34.9 cm³/mol. The van der Waals surface area contributed by atoms with Gasteiger partial charge < -0.3 is 11.5 Å². The van der Waals surface area contributed by atoms with Crippen LogP contribution in [0.1, 0.15) is 0 Å². The lowest BCUT2D eigenvalue weighted by atomic mass is 11.2. The molecular formula is C2H7Cl2N3O. The molecule has 0 heterocycles. The van der Waals surface area contributed by atoms with E-state index in [0.717, 1.165) is 0 Å². The van der Waals surface area contributed by atoms with E-state index in [1.807, 2.05) is 0 Å². The van der Waals surface area contributed by atoms with E-state index in [9.17, 15) is 0 Å². The normalized spacial score (nSPS) is 3.25. The summed E-state index contributed by atoms with van der Waals surface area (Å²) < 4.78 is 0. The van der Waals surface area contributed by atoms with Gasteiger partial charge in [0.25, 0.3) is 0 Å². The highest BCUT2D eigenvalue weighted by molar-refractivity contribution is 5.85. The van der Waals surface area contributed by atoms with Crippen molar-refractivity contribution in [3.63, 3.8) is 0 Å². The summed E-state index contributed by atoms with van der Waals surface area (Å²) in [5, 5.41) is 6.50. The second-order valence-electron chi connectivity index (χ2n) is 0.402. The summed E-state index contributed by atoms with van der Waals surface area (Å²) in [6.45, 7) is 3.50. The van der Waals surface area contributed by atoms with Crippen LogP contribution in [0.4, 0.5) is 4.79 Å². The van der Waals surface area contributed by atoms with Gasteiger partial charge in [0, 0.05) is 6.57 Å². The Morgan fingerprint density at radius 3 is 1.25 bits per heavy atom. The first-order chi connectivity index (χ1) is 2.73. The molecule has 50 valence electrons. The SMILES string of the molecule is C#N.Cl.Cl.NC(N)=O. The van der Waals surface area contributed by atoms with Crippen molar-refractivity contribution in [3.05, 3.63) is 0 Å². The van der Waals surface area contributed by atoms with Crippen LogP contribution in [0.5, 0.6) is 0 Å². The van der Waals surface area contributed by atoms with E-state index in [4.69, 9.17) is 10.1 Å². The summed E-state index contributed by atoms with van der Waals surface area (Å²) in [5.74, 6) is 0. The summed E-state index contributed by atoms with van der Waals surface area (Å²) in [5.41, 5.74) is 8.50. The Labute approximate surface area is 59.7 Å². The number of carbonyl (C=O) groups is 1.